The molecule has 3 nitrogen and oxygen atoms in total. The number of nitrogens with zero attached hydrogens (tertiary/aromatic N) is 1. The van der Waals surface area contributed by atoms with E-state index in [1.807, 2.05) is 18.7 Å². The van der Waals surface area contributed by atoms with Gasteiger partial charge in [-0.1, -0.05) is 49.7 Å². The fraction of sp³-hybridized carbons (Fsp3) is 0.435. The van der Waals surface area contributed by atoms with Crippen LogP contribution in [0.4, 0.5) is 5.69 Å². The second kappa shape index (κ2) is 6.55. The normalized spacial score (nSPS) is 18.4. The number of benzene rings is 2. The van der Waals surface area contributed by atoms with Crippen LogP contribution in [0.3, 0.4) is 0 Å². The Kier molecular flexibility index (Phi) is 4.36. The molecule has 4 rings (SSSR count). The van der Waals surface area contributed by atoms with Gasteiger partial charge < -0.3 is 9.64 Å². The number of hydrogen-bond acceptors (Lipinski definition) is 2. The summed E-state index contributed by atoms with van der Waals surface area (Å²) in [6, 6.07) is 15.3. The molecule has 2 aromatic carbocycles. The first-order valence-corrected chi connectivity index (χ1v) is 9.61. The Hall–Kier alpha value is -2.13. The van der Waals surface area contributed by atoms with Crippen LogP contribution in [0, 0.1) is 12.8 Å². The van der Waals surface area contributed by atoms with Gasteiger partial charge in [-0.15, -0.1) is 0 Å². The first-order chi connectivity index (χ1) is 12.5. The average molecular weight is 349 g/mol. The standard InChI is InChI=1S/C23H27NO2/c1-16(2)22(25)24-15-23(9-11-26-12-10-23)20-14-19(7-8-21(20)24)18-6-4-5-17(3)13-18/h4-8,13-14,16H,9-12,15H2,1-3H3. The second-order valence-electron chi connectivity index (χ2n) is 8.07. The van der Waals surface area contributed by atoms with Crippen molar-refractivity contribution in [3.63, 3.8) is 0 Å². The van der Waals surface area contributed by atoms with Gasteiger partial charge in [-0.25, -0.2) is 0 Å². The van der Waals surface area contributed by atoms with Gasteiger partial charge in [0.1, 0.15) is 0 Å². The number of amides is 1. The van der Waals surface area contributed by atoms with Gasteiger partial charge in [-0.3, -0.25) is 4.79 Å². The highest BCUT2D eigenvalue weighted by molar-refractivity contribution is 5.98. The van der Waals surface area contributed by atoms with Gasteiger partial charge in [-0.2, -0.15) is 0 Å². The molecule has 2 aliphatic heterocycles. The van der Waals surface area contributed by atoms with E-state index in [9.17, 15) is 4.79 Å². The molecule has 0 unspecified atom stereocenters. The molecular weight excluding hydrogens is 322 g/mol. The highest BCUT2D eigenvalue weighted by Crippen LogP contribution is 2.48. The largest absolute Gasteiger partial charge is 0.381 e. The number of fused-ring (bicyclic) bond motifs is 2. The van der Waals surface area contributed by atoms with Crippen molar-refractivity contribution in [2.24, 2.45) is 5.92 Å². The zero-order valence-electron chi connectivity index (χ0n) is 15.9. The Balaban J connectivity index is 1.82. The maximum Gasteiger partial charge on any atom is 0.229 e. The molecule has 1 saturated heterocycles. The highest BCUT2D eigenvalue weighted by Gasteiger charge is 2.45. The van der Waals surface area contributed by atoms with Crippen LogP contribution in [0.1, 0.15) is 37.8 Å². The van der Waals surface area contributed by atoms with Crippen LogP contribution in [0.15, 0.2) is 42.5 Å². The minimum absolute atomic E-state index is 0.00860. The van der Waals surface area contributed by atoms with Crippen LogP contribution >= 0.6 is 0 Å². The molecule has 2 heterocycles. The summed E-state index contributed by atoms with van der Waals surface area (Å²) in [4.78, 5) is 14.8. The van der Waals surface area contributed by atoms with Gasteiger partial charge in [0.2, 0.25) is 5.91 Å². The number of carbonyl (C=O) groups is 1. The van der Waals surface area contributed by atoms with E-state index in [-0.39, 0.29) is 17.2 Å². The van der Waals surface area contributed by atoms with Crippen molar-refractivity contribution in [2.45, 2.75) is 39.0 Å². The molecule has 1 spiro atoms. The first-order valence-electron chi connectivity index (χ1n) is 9.61. The Labute approximate surface area is 156 Å². The van der Waals surface area contributed by atoms with Gasteiger partial charge in [0, 0.05) is 36.8 Å². The quantitative estimate of drug-likeness (QED) is 0.785. The summed E-state index contributed by atoms with van der Waals surface area (Å²) in [6.45, 7) is 8.44. The first kappa shape index (κ1) is 17.3. The third kappa shape index (κ3) is 2.84. The molecule has 0 bridgehead atoms. The summed E-state index contributed by atoms with van der Waals surface area (Å²) in [5.41, 5.74) is 6.20. The van der Waals surface area contributed by atoms with Crippen LogP contribution in [0.25, 0.3) is 11.1 Å². The van der Waals surface area contributed by atoms with E-state index in [0.717, 1.165) is 38.3 Å². The van der Waals surface area contributed by atoms with Gasteiger partial charge in [0.05, 0.1) is 0 Å². The Morgan fingerprint density at radius 1 is 1.08 bits per heavy atom. The minimum Gasteiger partial charge on any atom is -0.381 e. The lowest BCUT2D eigenvalue weighted by Gasteiger charge is -2.34. The van der Waals surface area contributed by atoms with Crippen LogP contribution in [0.5, 0.6) is 0 Å². The molecule has 0 saturated carbocycles. The van der Waals surface area contributed by atoms with E-state index < -0.39 is 0 Å². The lowest BCUT2D eigenvalue weighted by Crippen LogP contribution is -2.41. The average Bonchev–Trinajstić information content (AvgIpc) is 2.95. The van der Waals surface area contributed by atoms with Crippen LogP contribution in [-0.2, 0) is 14.9 Å². The lowest BCUT2D eigenvalue weighted by molar-refractivity contribution is -0.121. The molecular formula is C23H27NO2. The number of hydrogen-bond donors (Lipinski definition) is 0. The molecule has 2 aromatic rings. The second-order valence-corrected chi connectivity index (χ2v) is 8.07. The minimum atomic E-state index is 0.00860. The van der Waals surface area contributed by atoms with Crippen LogP contribution < -0.4 is 4.90 Å². The zero-order valence-corrected chi connectivity index (χ0v) is 15.9. The van der Waals surface area contributed by atoms with Crippen molar-refractivity contribution in [2.75, 3.05) is 24.7 Å². The van der Waals surface area contributed by atoms with Crippen LogP contribution in [-0.4, -0.2) is 25.7 Å². The van der Waals surface area contributed by atoms with Gasteiger partial charge >= 0.3 is 0 Å². The lowest BCUT2D eigenvalue weighted by atomic mass is 9.75. The Bertz CT molecular complexity index is 834. The number of ether oxygens (including phenoxy) is 1. The molecule has 0 radical (unpaired) electrons. The summed E-state index contributed by atoms with van der Waals surface area (Å²) >= 11 is 0. The van der Waals surface area contributed by atoms with Crippen LogP contribution in [0.2, 0.25) is 0 Å². The molecule has 136 valence electrons. The molecule has 1 fully saturated rings. The molecule has 1 amide bonds. The van der Waals surface area contributed by atoms with Crippen molar-refractivity contribution in [3.05, 3.63) is 53.6 Å². The maximum absolute atomic E-state index is 12.8. The van der Waals surface area contributed by atoms with Gasteiger partial charge in [0.15, 0.2) is 0 Å². The van der Waals surface area contributed by atoms with E-state index in [1.165, 1.54) is 22.3 Å². The Morgan fingerprint density at radius 2 is 1.81 bits per heavy atom. The third-order valence-corrected chi connectivity index (χ3v) is 5.88. The molecule has 2 aliphatic rings. The predicted octanol–water partition coefficient (Wildman–Crippen LogP) is 4.71. The van der Waals surface area contributed by atoms with E-state index in [0.29, 0.717) is 0 Å². The smallest absolute Gasteiger partial charge is 0.229 e. The molecule has 0 N–H and O–H groups in total. The van der Waals surface area contributed by atoms with Crippen molar-refractivity contribution < 1.29 is 9.53 Å². The summed E-state index contributed by atoms with van der Waals surface area (Å²) in [7, 11) is 0. The van der Waals surface area contributed by atoms with Crippen molar-refractivity contribution >= 4 is 11.6 Å². The summed E-state index contributed by atoms with van der Waals surface area (Å²) in [5.74, 6) is 0.229. The van der Waals surface area contributed by atoms with E-state index in [2.05, 4.69) is 49.4 Å². The SMILES string of the molecule is Cc1cccc(-c2ccc3c(c2)C2(CCOCC2)CN3C(=O)C(C)C)c1. The topological polar surface area (TPSA) is 29.5 Å². The summed E-state index contributed by atoms with van der Waals surface area (Å²) in [5, 5.41) is 0. The zero-order chi connectivity index (χ0) is 18.3. The van der Waals surface area contributed by atoms with Crippen molar-refractivity contribution in [3.8, 4) is 11.1 Å². The molecule has 0 aromatic heterocycles. The monoisotopic (exact) mass is 349 g/mol. The van der Waals surface area contributed by atoms with Crippen molar-refractivity contribution in [1.29, 1.82) is 0 Å². The molecule has 3 heteroatoms. The fourth-order valence-corrected chi connectivity index (χ4v) is 4.37. The maximum atomic E-state index is 12.8. The van der Waals surface area contributed by atoms with E-state index >= 15 is 0 Å². The summed E-state index contributed by atoms with van der Waals surface area (Å²) < 4.78 is 5.64. The highest BCUT2D eigenvalue weighted by atomic mass is 16.5. The summed E-state index contributed by atoms with van der Waals surface area (Å²) in [6.07, 6.45) is 1.97. The van der Waals surface area contributed by atoms with Crippen molar-refractivity contribution in [1.82, 2.24) is 0 Å². The number of aryl methyl sites for hydroxylation is 1. The van der Waals surface area contributed by atoms with Gasteiger partial charge in [-0.05, 0) is 48.6 Å². The molecule has 0 aliphatic carbocycles. The van der Waals surface area contributed by atoms with Gasteiger partial charge in [0.25, 0.3) is 0 Å². The fourth-order valence-electron chi connectivity index (χ4n) is 4.37. The van der Waals surface area contributed by atoms with E-state index in [4.69, 9.17) is 4.74 Å². The molecule has 26 heavy (non-hydrogen) atoms. The third-order valence-electron chi connectivity index (χ3n) is 5.88. The predicted molar refractivity (Wildman–Crippen MR) is 106 cm³/mol. The number of carbonyl (C=O) groups excluding carboxylic acids is 1. The number of anilines is 1. The molecule has 0 atom stereocenters. The van der Waals surface area contributed by atoms with E-state index in [1.54, 1.807) is 0 Å². The Morgan fingerprint density at radius 3 is 2.50 bits per heavy atom. The number of rotatable bonds is 2.